The van der Waals surface area contributed by atoms with Crippen LogP contribution in [0.2, 0.25) is 0 Å². The van der Waals surface area contributed by atoms with E-state index in [0.29, 0.717) is 17.9 Å². The molecule has 1 saturated heterocycles. The first kappa shape index (κ1) is 23.0. The van der Waals surface area contributed by atoms with E-state index in [0.717, 1.165) is 27.1 Å². The molecule has 2 atom stereocenters. The molecule has 0 saturated carbocycles. The Bertz CT molecular complexity index is 1230. The van der Waals surface area contributed by atoms with Crippen molar-refractivity contribution in [1.29, 1.82) is 0 Å². The van der Waals surface area contributed by atoms with Crippen molar-refractivity contribution < 1.29 is 29.4 Å². The number of carboxylic acid groups (broad SMARTS) is 1. The number of benzene rings is 2. The number of nitrogens with one attached hydrogen (secondary N) is 2. The molecule has 10 nitrogen and oxygen atoms in total. The molecule has 1 aliphatic rings. The second-order valence-electron chi connectivity index (χ2n) is 8.10. The van der Waals surface area contributed by atoms with Crippen molar-refractivity contribution in [2.75, 3.05) is 13.1 Å². The second kappa shape index (κ2) is 9.75. The molecule has 176 valence electrons. The van der Waals surface area contributed by atoms with Gasteiger partial charge in [0.25, 0.3) is 5.91 Å². The number of para-hydroxylation sites is 1. The SMILES string of the molecule is Cc1cc(COc2ccc(C(=O)N[C@@H]3CN(C(=O)O)C[C@H]3C(=O)NO)cc2)c2ccccc2n1. The van der Waals surface area contributed by atoms with Gasteiger partial charge in [-0.15, -0.1) is 0 Å². The molecular weight excluding hydrogens is 440 g/mol. The number of aryl methyl sites for hydroxylation is 1. The Labute approximate surface area is 195 Å². The molecule has 10 heteroatoms. The fourth-order valence-corrected chi connectivity index (χ4v) is 4.08. The Morgan fingerprint density at radius 1 is 1.12 bits per heavy atom. The lowest BCUT2D eigenvalue weighted by molar-refractivity contribution is -0.133. The zero-order chi connectivity index (χ0) is 24.2. The molecule has 3 amide bonds. The molecule has 4 rings (SSSR count). The summed E-state index contributed by atoms with van der Waals surface area (Å²) < 4.78 is 5.91. The predicted octanol–water partition coefficient (Wildman–Crippen LogP) is 2.34. The molecule has 2 heterocycles. The normalized spacial score (nSPS) is 17.4. The highest BCUT2D eigenvalue weighted by Crippen LogP contribution is 2.22. The maximum atomic E-state index is 12.7. The molecule has 0 aliphatic carbocycles. The first-order chi connectivity index (χ1) is 16.4. The smallest absolute Gasteiger partial charge is 0.407 e. The van der Waals surface area contributed by atoms with E-state index in [4.69, 9.17) is 9.94 Å². The highest BCUT2D eigenvalue weighted by Gasteiger charge is 2.40. The molecule has 34 heavy (non-hydrogen) atoms. The number of likely N-dealkylation sites (tertiary alicyclic amines) is 1. The fourth-order valence-electron chi connectivity index (χ4n) is 4.08. The van der Waals surface area contributed by atoms with Crippen molar-refractivity contribution in [1.82, 2.24) is 20.7 Å². The van der Waals surface area contributed by atoms with Gasteiger partial charge in [0.05, 0.1) is 17.5 Å². The van der Waals surface area contributed by atoms with Crippen LogP contribution >= 0.6 is 0 Å². The van der Waals surface area contributed by atoms with Gasteiger partial charge in [0, 0.05) is 35.3 Å². The summed E-state index contributed by atoms with van der Waals surface area (Å²) in [5.74, 6) is -1.54. The molecule has 4 N–H and O–H groups in total. The van der Waals surface area contributed by atoms with Crippen LogP contribution in [0.4, 0.5) is 4.79 Å². The van der Waals surface area contributed by atoms with E-state index in [2.05, 4.69) is 10.3 Å². The first-order valence-electron chi connectivity index (χ1n) is 10.7. The third kappa shape index (κ3) is 4.91. The molecule has 0 bridgehead atoms. The summed E-state index contributed by atoms with van der Waals surface area (Å²) in [6, 6.07) is 15.6. The minimum absolute atomic E-state index is 0.0559. The van der Waals surface area contributed by atoms with E-state index in [1.54, 1.807) is 24.3 Å². The number of rotatable bonds is 6. The van der Waals surface area contributed by atoms with Crippen molar-refractivity contribution in [3.05, 3.63) is 71.4 Å². The summed E-state index contributed by atoms with van der Waals surface area (Å²) in [5.41, 5.74) is 4.65. The maximum absolute atomic E-state index is 12.7. The fraction of sp³-hybridized carbons (Fsp3) is 0.250. The van der Waals surface area contributed by atoms with Crippen LogP contribution in [0.5, 0.6) is 5.75 Å². The Morgan fingerprint density at radius 2 is 1.85 bits per heavy atom. The van der Waals surface area contributed by atoms with Crippen LogP contribution in [0, 0.1) is 12.8 Å². The molecule has 1 aromatic heterocycles. The summed E-state index contributed by atoms with van der Waals surface area (Å²) in [6.07, 6.45) is -1.20. The van der Waals surface area contributed by atoms with Crippen molar-refractivity contribution in [2.24, 2.45) is 5.92 Å². The van der Waals surface area contributed by atoms with Crippen molar-refractivity contribution in [3.63, 3.8) is 0 Å². The summed E-state index contributed by atoms with van der Waals surface area (Å²) in [6.45, 7) is 2.08. The van der Waals surface area contributed by atoms with Gasteiger partial charge in [0.15, 0.2) is 0 Å². The molecular formula is C24H24N4O6. The Morgan fingerprint density at radius 3 is 2.56 bits per heavy atom. The van der Waals surface area contributed by atoms with Gasteiger partial charge >= 0.3 is 6.09 Å². The van der Waals surface area contributed by atoms with Gasteiger partial charge in [-0.05, 0) is 43.3 Å². The number of carbonyl (C=O) groups excluding carboxylic acids is 2. The molecule has 3 aromatic rings. The van der Waals surface area contributed by atoms with Gasteiger partial charge in [-0.1, -0.05) is 18.2 Å². The van der Waals surface area contributed by atoms with Crippen LogP contribution in [-0.2, 0) is 11.4 Å². The van der Waals surface area contributed by atoms with Crippen LogP contribution in [0.1, 0.15) is 21.6 Å². The van der Waals surface area contributed by atoms with Crippen molar-refractivity contribution >= 4 is 28.8 Å². The topological polar surface area (TPSA) is 141 Å². The standard InChI is InChI=1S/C24H24N4O6/c1-14-10-16(18-4-2-3-5-20(18)25-14)13-34-17-8-6-15(7-9-17)22(29)26-21-12-28(24(31)32)11-19(21)23(30)27-33/h2-10,19,21,33H,11-13H2,1H3,(H,26,29)(H,27,30)(H,31,32)/t19-,21-/m1/s1. The number of nitrogens with zero attached hydrogens (tertiary/aromatic N) is 2. The van der Waals surface area contributed by atoms with Gasteiger partial charge in [-0.25, -0.2) is 10.3 Å². The number of hydroxylamine groups is 1. The minimum atomic E-state index is -1.20. The lowest BCUT2D eigenvalue weighted by Crippen LogP contribution is -2.45. The van der Waals surface area contributed by atoms with E-state index in [9.17, 15) is 19.5 Å². The summed E-state index contributed by atoms with van der Waals surface area (Å²) >= 11 is 0. The van der Waals surface area contributed by atoms with Gasteiger partial charge in [0.2, 0.25) is 5.91 Å². The number of hydrogen-bond donors (Lipinski definition) is 4. The van der Waals surface area contributed by atoms with E-state index in [1.165, 1.54) is 5.48 Å². The lowest BCUT2D eigenvalue weighted by Gasteiger charge is -2.18. The van der Waals surface area contributed by atoms with Crippen molar-refractivity contribution in [3.8, 4) is 5.75 Å². The number of amides is 3. The Balaban J connectivity index is 1.41. The highest BCUT2D eigenvalue weighted by atomic mass is 16.5. The number of ether oxygens (including phenoxy) is 1. The number of carbonyl (C=O) groups is 3. The Kier molecular flexibility index (Phi) is 6.60. The van der Waals surface area contributed by atoms with Crippen LogP contribution in [0.25, 0.3) is 10.9 Å². The van der Waals surface area contributed by atoms with Crippen LogP contribution in [0.3, 0.4) is 0 Å². The predicted molar refractivity (Wildman–Crippen MR) is 122 cm³/mol. The van der Waals surface area contributed by atoms with E-state index < -0.39 is 29.9 Å². The average molecular weight is 464 g/mol. The average Bonchev–Trinajstić information content (AvgIpc) is 3.26. The quantitative estimate of drug-likeness (QED) is 0.324. The zero-order valence-corrected chi connectivity index (χ0v) is 18.4. The summed E-state index contributed by atoms with van der Waals surface area (Å²) in [4.78, 5) is 41.4. The Hall–Kier alpha value is -4.18. The minimum Gasteiger partial charge on any atom is -0.489 e. The number of aromatic nitrogens is 1. The van der Waals surface area contributed by atoms with E-state index in [-0.39, 0.29) is 13.1 Å². The molecule has 0 unspecified atom stereocenters. The van der Waals surface area contributed by atoms with E-state index in [1.807, 2.05) is 37.3 Å². The number of pyridine rings is 1. The second-order valence-corrected chi connectivity index (χ2v) is 8.10. The number of hydrogen-bond acceptors (Lipinski definition) is 6. The van der Waals surface area contributed by atoms with Crippen LogP contribution in [0.15, 0.2) is 54.6 Å². The number of fused-ring (bicyclic) bond motifs is 1. The van der Waals surface area contributed by atoms with Crippen LogP contribution < -0.4 is 15.5 Å². The van der Waals surface area contributed by atoms with E-state index >= 15 is 0 Å². The zero-order valence-electron chi connectivity index (χ0n) is 18.4. The summed E-state index contributed by atoms with van der Waals surface area (Å²) in [5, 5.41) is 21.8. The third-order valence-electron chi connectivity index (χ3n) is 5.79. The largest absolute Gasteiger partial charge is 0.489 e. The maximum Gasteiger partial charge on any atom is 0.407 e. The monoisotopic (exact) mass is 464 g/mol. The van der Waals surface area contributed by atoms with Crippen LogP contribution in [-0.4, -0.2) is 57.2 Å². The lowest BCUT2D eigenvalue weighted by atomic mass is 10.0. The summed E-state index contributed by atoms with van der Waals surface area (Å²) in [7, 11) is 0. The third-order valence-corrected chi connectivity index (χ3v) is 5.79. The first-order valence-corrected chi connectivity index (χ1v) is 10.7. The molecule has 0 radical (unpaired) electrons. The molecule has 1 aliphatic heterocycles. The van der Waals surface area contributed by atoms with Gasteiger partial charge in [-0.3, -0.25) is 19.8 Å². The molecule has 0 spiro atoms. The highest BCUT2D eigenvalue weighted by molar-refractivity contribution is 5.95. The van der Waals surface area contributed by atoms with Gasteiger partial charge in [-0.2, -0.15) is 0 Å². The molecule has 2 aromatic carbocycles. The van der Waals surface area contributed by atoms with Gasteiger partial charge in [0.1, 0.15) is 12.4 Å². The molecule has 1 fully saturated rings. The van der Waals surface area contributed by atoms with Gasteiger partial charge < -0.3 is 20.1 Å². The van der Waals surface area contributed by atoms with Crippen molar-refractivity contribution in [2.45, 2.75) is 19.6 Å².